The molecule has 0 bridgehead atoms. The zero-order valence-corrected chi connectivity index (χ0v) is 18.7. The fraction of sp³-hybridized carbons (Fsp3) is 0.360. The van der Waals surface area contributed by atoms with Crippen LogP contribution in [0.4, 0.5) is 5.69 Å². The monoisotopic (exact) mass is 419 g/mol. The van der Waals surface area contributed by atoms with E-state index < -0.39 is 0 Å². The molecule has 1 atom stereocenters. The quantitative estimate of drug-likeness (QED) is 0.470. The summed E-state index contributed by atoms with van der Waals surface area (Å²) in [5.74, 6) is -0.000316. The molecule has 1 amide bonds. The topological polar surface area (TPSA) is 46.9 Å². The molecule has 156 valence electrons. The van der Waals surface area contributed by atoms with Crippen molar-refractivity contribution in [2.24, 2.45) is 0 Å². The van der Waals surface area contributed by atoms with Gasteiger partial charge in [0.05, 0.1) is 10.9 Å². The Balaban J connectivity index is 1.52. The van der Waals surface area contributed by atoms with Crippen LogP contribution in [0.5, 0.6) is 0 Å². The number of para-hydroxylation sites is 1. The number of nitrogens with one attached hydrogen (secondary N) is 1. The summed E-state index contributed by atoms with van der Waals surface area (Å²) in [6, 6.07) is 18.6. The zero-order valence-electron chi connectivity index (χ0n) is 17.9. The van der Waals surface area contributed by atoms with Crippen LogP contribution in [0.2, 0.25) is 0 Å². The number of rotatable bonds is 6. The first-order chi connectivity index (χ1) is 14.5. The molecule has 1 heterocycles. The van der Waals surface area contributed by atoms with Crippen LogP contribution in [0.15, 0.2) is 59.8 Å². The van der Waals surface area contributed by atoms with Crippen LogP contribution in [0.3, 0.4) is 0 Å². The minimum Gasteiger partial charge on any atom is -0.325 e. The van der Waals surface area contributed by atoms with Gasteiger partial charge in [0, 0.05) is 23.0 Å². The van der Waals surface area contributed by atoms with Crippen molar-refractivity contribution in [1.29, 1.82) is 0 Å². The van der Waals surface area contributed by atoms with E-state index in [0.29, 0.717) is 6.04 Å². The van der Waals surface area contributed by atoms with E-state index in [1.54, 1.807) is 11.8 Å². The minimum absolute atomic E-state index is 0.000316. The van der Waals surface area contributed by atoms with E-state index >= 15 is 0 Å². The summed E-state index contributed by atoms with van der Waals surface area (Å²) in [5, 5.41) is 3.87. The third-order valence-electron chi connectivity index (χ3n) is 5.97. The zero-order chi connectivity index (χ0) is 21.1. The second kappa shape index (κ2) is 9.09. The fourth-order valence-electron chi connectivity index (χ4n) is 4.18. The van der Waals surface area contributed by atoms with Crippen molar-refractivity contribution in [3.05, 3.63) is 66.0 Å². The van der Waals surface area contributed by atoms with Crippen LogP contribution in [0.1, 0.15) is 50.0 Å². The molecule has 5 heteroatoms. The summed E-state index contributed by atoms with van der Waals surface area (Å²) in [7, 11) is 0. The number of anilines is 1. The van der Waals surface area contributed by atoms with Crippen molar-refractivity contribution < 1.29 is 4.79 Å². The van der Waals surface area contributed by atoms with Gasteiger partial charge in [-0.1, -0.05) is 73.1 Å². The number of aromatic nitrogens is 2. The van der Waals surface area contributed by atoms with Crippen molar-refractivity contribution in [2.45, 2.75) is 62.9 Å². The maximum absolute atomic E-state index is 13.1. The summed E-state index contributed by atoms with van der Waals surface area (Å²) in [5.41, 5.74) is 5.25. The molecule has 1 aliphatic rings. The highest BCUT2D eigenvalue weighted by atomic mass is 32.2. The highest BCUT2D eigenvalue weighted by molar-refractivity contribution is 8.00. The number of hydrogen-bond acceptors (Lipinski definition) is 3. The molecule has 1 aliphatic carbocycles. The first kappa shape index (κ1) is 20.7. The lowest BCUT2D eigenvalue weighted by molar-refractivity contribution is -0.115. The van der Waals surface area contributed by atoms with Gasteiger partial charge in [0.25, 0.3) is 0 Å². The Morgan fingerprint density at radius 2 is 1.73 bits per heavy atom. The molecule has 1 saturated carbocycles. The average Bonchev–Trinajstić information content (AvgIpc) is 3.37. The molecular formula is C25H29N3OS. The summed E-state index contributed by atoms with van der Waals surface area (Å²) in [4.78, 5) is 17.9. The second-order valence-corrected chi connectivity index (χ2v) is 9.34. The lowest BCUT2D eigenvalue weighted by Crippen LogP contribution is -2.23. The molecule has 0 spiro atoms. The number of hydrogen-bond donors (Lipinski definition) is 1. The van der Waals surface area contributed by atoms with E-state index in [0.717, 1.165) is 27.7 Å². The predicted molar refractivity (Wildman–Crippen MR) is 125 cm³/mol. The number of imidazole rings is 1. The number of nitrogens with zero attached hydrogens (tertiary/aromatic N) is 2. The number of thioether (sulfide) groups is 1. The normalized spacial score (nSPS) is 15.3. The van der Waals surface area contributed by atoms with E-state index in [-0.39, 0.29) is 11.2 Å². The molecule has 3 aromatic rings. The molecule has 1 N–H and O–H groups in total. The Labute approximate surface area is 183 Å². The Morgan fingerprint density at radius 3 is 2.47 bits per heavy atom. The SMILES string of the molecule is Cc1nc(S[C@H](C)C(=O)Nc2ccccc2-c2ccccc2)n(C2CCCC2)c1C. The molecule has 2 aromatic carbocycles. The van der Waals surface area contributed by atoms with Gasteiger partial charge in [0.2, 0.25) is 5.91 Å². The highest BCUT2D eigenvalue weighted by Gasteiger charge is 2.26. The lowest BCUT2D eigenvalue weighted by atomic mass is 10.0. The first-order valence-corrected chi connectivity index (χ1v) is 11.6. The molecule has 0 radical (unpaired) electrons. The van der Waals surface area contributed by atoms with Crippen LogP contribution in [0, 0.1) is 13.8 Å². The summed E-state index contributed by atoms with van der Waals surface area (Å²) >= 11 is 1.56. The maximum atomic E-state index is 13.1. The van der Waals surface area contributed by atoms with Crippen LogP contribution < -0.4 is 5.32 Å². The molecular weight excluding hydrogens is 390 g/mol. The van der Waals surface area contributed by atoms with Gasteiger partial charge < -0.3 is 9.88 Å². The summed E-state index contributed by atoms with van der Waals surface area (Å²) in [6.45, 7) is 6.17. The van der Waals surface area contributed by atoms with Crippen molar-refractivity contribution in [2.75, 3.05) is 5.32 Å². The smallest absolute Gasteiger partial charge is 0.237 e. The van der Waals surface area contributed by atoms with Gasteiger partial charge in [0.1, 0.15) is 0 Å². The van der Waals surface area contributed by atoms with E-state index in [9.17, 15) is 4.79 Å². The van der Waals surface area contributed by atoms with E-state index in [1.165, 1.54) is 31.4 Å². The standard InChI is InChI=1S/C25H29N3OS/c1-17-18(2)28(21-13-7-8-14-21)25(26-17)30-19(3)24(29)27-23-16-10-9-15-22(23)20-11-5-4-6-12-20/h4-6,9-12,15-16,19,21H,7-8,13-14H2,1-3H3,(H,27,29)/t19-/m1/s1. The molecule has 4 nitrogen and oxygen atoms in total. The van der Waals surface area contributed by atoms with Gasteiger partial charge in [-0.3, -0.25) is 4.79 Å². The van der Waals surface area contributed by atoms with Crippen LogP contribution in [-0.4, -0.2) is 20.7 Å². The first-order valence-electron chi connectivity index (χ1n) is 10.7. The third-order valence-corrected chi connectivity index (χ3v) is 7.03. The van der Waals surface area contributed by atoms with E-state index in [4.69, 9.17) is 4.98 Å². The van der Waals surface area contributed by atoms with Gasteiger partial charge in [-0.25, -0.2) is 4.98 Å². The van der Waals surface area contributed by atoms with Crippen LogP contribution in [0.25, 0.3) is 11.1 Å². The second-order valence-electron chi connectivity index (χ2n) is 8.03. The van der Waals surface area contributed by atoms with Crippen molar-refractivity contribution in [1.82, 2.24) is 9.55 Å². The van der Waals surface area contributed by atoms with Gasteiger partial charge in [-0.2, -0.15) is 0 Å². The number of carbonyl (C=O) groups excluding carboxylic acids is 1. The number of amides is 1. The molecule has 4 rings (SSSR count). The Morgan fingerprint density at radius 1 is 1.07 bits per heavy atom. The molecule has 0 aliphatic heterocycles. The minimum atomic E-state index is -0.241. The number of benzene rings is 2. The molecule has 1 aromatic heterocycles. The maximum Gasteiger partial charge on any atom is 0.237 e. The molecule has 0 unspecified atom stereocenters. The average molecular weight is 420 g/mol. The van der Waals surface area contributed by atoms with E-state index in [2.05, 4.69) is 35.9 Å². The largest absolute Gasteiger partial charge is 0.325 e. The van der Waals surface area contributed by atoms with Gasteiger partial charge in [-0.05, 0) is 45.2 Å². The van der Waals surface area contributed by atoms with Crippen LogP contribution in [-0.2, 0) is 4.79 Å². The molecule has 1 fully saturated rings. The number of carbonyl (C=O) groups is 1. The Hall–Kier alpha value is -2.53. The van der Waals surface area contributed by atoms with Crippen molar-refractivity contribution >= 4 is 23.4 Å². The molecule has 30 heavy (non-hydrogen) atoms. The van der Waals surface area contributed by atoms with E-state index in [1.807, 2.05) is 49.4 Å². The Kier molecular flexibility index (Phi) is 6.28. The number of aryl methyl sites for hydroxylation is 1. The third kappa shape index (κ3) is 4.31. The van der Waals surface area contributed by atoms with Gasteiger partial charge in [-0.15, -0.1) is 0 Å². The van der Waals surface area contributed by atoms with Gasteiger partial charge >= 0.3 is 0 Å². The summed E-state index contributed by atoms with van der Waals surface area (Å²) < 4.78 is 2.37. The molecule has 0 saturated heterocycles. The van der Waals surface area contributed by atoms with Crippen molar-refractivity contribution in [3.63, 3.8) is 0 Å². The predicted octanol–water partition coefficient (Wildman–Crippen LogP) is 6.40. The van der Waals surface area contributed by atoms with Crippen molar-refractivity contribution in [3.8, 4) is 11.1 Å². The van der Waals surface area contributed by atoms with Gasteiger partial charge in [0.15, 0.2) is 5.16 Å². The highest BCUT2D eigenvalue weighted by Crippen LogP contribution is 2.37. The lowest BCUT2D eigenvalue weighted by Gasteiger charge is -2.19. The Bertz CT molecular complexity index is 1020. The van der Waals surface area contributed by atoms with Crippen LogP contribution >= 0.6 is 11.8 Å². The fourth-order valence-corrected chi connectivity index (χ4v) is 5.25. The summed E-state index contributed by atoms with van der Waals surface area (Å²) in [6.07, 6.45) is 4.96.